The molecule has 60 valence electrons. The van der Waals surface area contributed by atoms with Crippen LogP contribution in [-0.4, -0.2) is 25.2 Å². The molecular formula is C7H15NO2. The molecule has 0 aliphatic carbocycles. The molecule has 1 N–H and O–H groups in total. The Hall–Kier alpha value is -0.570. The summed E-state index contributed by atoms with van der Waals surface area (Å²) in [6.45, 7) is 5.44. The summed E-state index contributed by atoms with van der Waals surface area (Å²) in [5.74, 6) is -0.197. The highest BCUT2D eigenvalue weighted by molar-refractivity contribution is 5.75. The maximum Gasteiger partial charge on any atom is 0.323 e. The third-order valence-electron chi connectivity index (χ3n) is 1.14. The maximum absolute atomic E-state index is 10.9. The molecule has 0 rings (SSSR count). The zero-order chi connectivity index (χ0) is 8.15. The number of hydrogen-bond donors (Lipinski definition) is 1. The van der Waals surface area contributed by atoms with E-state index in [1.807, 2.05) is 13.8 Å². The second-order valence-corrected chi connectivity index (χ2v) is 2.50. The summed E-state index contributed by atoms with van der Waals surface area (Å²) in [6.07, 6.45) is -0.0247. The molecule has 0 heterocycles. The first-order valence-electron chi connectivity index (χ1n) is 3.45. The summed E-state index contributed by atoms with van der Waals surface area (Å²) in [6, 6.07) is -0.206. The first-order valence-corrected chi connectivity index (χ1v) is 3.45. The smallest absolute Gasteiger partial charge is 0.323 e. The second kappa shape index (κ2) is 4.28. The predicted octanol–water partition coefficient (Wildman–Crippen LogP) is 0.546. The quantitative estimate of drug-likeness (QED) is 0.589. The van der Waals surface area contributed by atoms with Gasteiger partial charge in [0, 0.05) is 0 Å². The number of esters is 1. The van der Waals surface area contributed by atoms with E-state index in [0.29, 0.717) is 0 Å². The molecule has 0 unspecified atom stereocenters. The Morgan fingerprint density at radius 3 is 2.20 bits per heavy atom. The van der Waals surface area contributed by atoms with Gasteiger partial charge in [-0.2, -0.15) is 0 Å². The van der Waals surface area contributed by atoms with Gasteiger partial charge in [0.25, 0.3) is 0 Å². The van der Waals surface area contributed by atoms with Crippen LogP contribution in [0.2, 0.25) is 0 Å². The van der Waals surface area contributed by atoms with E-state index >= 15 is 0 Å². The van der Waals surface area contributed by atoms with Gasteiger partial charge in [-0.1, -0.05) is 0 Å². The Labute approximate surface area is 61.8 Å². The zero-order valence-corrected chi connectivity index (χ0v) is 6.97. The van der Waals surface area contributed by atoms with Gasteiger partial charge >= 0.3 is 5.97 Å². The summed E-state index contributed by atoms with van der Waals surface area (Å²) in [4.78, 5) is 10.9. The fraction of sp³-hybridized carbons (Fsp3) is 0.857. The number of rotatable bonds is 3. The third-order valence-corrected chi connectivity index (χ3v) is 1.14. The predicted molar refractivity (Wildman–Crippen MR) is 39.7 cm³/mol. The minimum absolute atomic E-state index is 0.0247. The van der Waals surface area contributed by atoms with Crippen LogP contribution in [-0.2, 0) is 9.53 Å². The Morgan fingerprint density at radius 2 is 1.90 bits per heavy atom. The van der Waals surface area contributed by atoms with E-state index in [-0.39, 0.29) is 18.1 Å². The highest BCUT2D eigenvalue weighted by Crippen LogP contribution is 1.92. The van der Waals surface area contributed by atoms with Crippen molar-refractivity contribution in [1.82, 2.24) is 5.32 Å². The molecule has 0 aromatic rings. The van der Waals surface area contributed by atoms with Gasteiger partial charge in [0.05, 0.1) is 6.10 Å². The van der Waals surface area contributed by atoms with E-state index in [2.05, 4.69) is 5.32 Å². The third kappa shape index (κ3) is 3.45. The lowest BCUT2D eigenvalue weighted by atomic mass is 10.3. The van der Waals surface area contributed by atoms with Crippen molar-refractivity contribution in [2.24, 2.45) is 0 Å². The maximum atomic E-state index is 10.9. The van der Waals surface area contributed by atoms with Crippen LogP contribution in [0.4, 0.5) is 0 Å². The molecule has 0 spiro atoms. The molecule has 0 saturated carbocycles. The molecule has 0 aliphatic rings. The van der Waals surface area contributed by atoms with Crippen molar-refractivity contribution in [3.8, 4) is 0 Å². The van der Waals surface area contributed by atoms with Crippen LogP contribution in [0, 0.1) is 0 Å². The molecule has 0 aromatic heterocycles. The van der Waals surface area contributed by atoms with Gasteiger partial charge in [-0.25, -0.2) is 0 Å². The van der Waals surface area contributed by atoms with Gasteiger partial charge in [-0.05, 0) is 27.8 Å². The number of carbonyl (C=O) groups is 1. The highest BCUT2D eigenvalue weighted by atomic mass is 16.5. The average Bonchev–Trinajstić information content (AvgIpc) is 1.85. The van der Waals surface area contributed by atoms with Crippen LogP contribution in [0.15, 0.2) is 0 Å². The van der Waals surface area contributed by atoms with Crippen molar-refractivity contribution < 1.29 is 9.53 Å². The molecule has 0 saturated heterocycles. The summed E-state index contributed by atoms with van der Waals surface area (Å²) in [5.41, 5.74) is 0. The molecule has 0 radical (unpaired) electrons. The van der Waals surface area contributed by atoms with Gasteiger partial charge in [-0.15, -0.1) is 0 Å². The van der Waals surface area contributed by atoms with Crippen LogP contribution in [0.25, 0.3) is 0 Å². The monoisotopic (exact) mass is 145 g/mol. The SMILES string of the molecule is CN[C@H](C)C(=O)OC(C)C. The van der Waals surface area contributed by atoms with E-state index < -0.39 is 0 Å². The lowest BCUT2D eigenvalue weighted by Crippen LogP contribution is -2.33. The summed E-state index contributed by atoms with van der Waals surface area (Å²) < 4.78 is 4.90. The number of carbonyl (C=O) groups excluding carboxylic acids is 1. The van der Waals surface area contributed by atoms with Gasteiger partial charge in [0.15, 0.2) is 0 Å². The first-order chi connectivity index (χ1) is 4.57. The minimum Gasteiger partial charge on any atom is -0.462 e. The van der Waals surface area contributed by atoms with E-state index in [1.54, 1.807) is 14.0 Å². The highest BCUT2D eigenvalue weighted by Gasteiger charge is 2.12. The van der Waals surface area contributed by atoms with Gasteiger partial charge in [0.2, 0.25) is 0 Å². The van der Waals surface area contributed by atoms with Crippen molar-refractivity contribution in [2.45, 2.75) is 32.9 Å². The van der Waals surface area contributed by atoms with Crippen LogP contribution in [0.1, 0.15) is 20.8 Å². The fourth-order valence-electron chi connectivity index (χ4n) is 0.452. The molecule has 10 heavy (non-hydrogen) atoms. The fourth-order valence-corrected chi connectivity index (χ4v) is 0.452. The van der Waals surface area contributed by atoms with Crippen molar-refractivity contribution in [1.29, 1.82) is 0 Å². The van der Waals surface area contributed by atoms with E-state index in [4.69, 9.17) is 4.74 Å². The van der Waals surface area contributed by atoms with Crippen molar-refractivity contribution in [3.05, 3.63) is 0 Å². The van der Waals surface area contributed by atoms with E-state index in [1.165, 1.54) is 0 Å². The molecule has 0 fully saturated rings. The number of nitrogens with one attached hydrogen (secondary N) is 1. The van der Waals surface area contributed by atoms with Gasteiger partial charge < -0.3 is 10.1 Å². The topological polar surface area (TPSA) is 38.3 Å². The molecule has 3 heteroatoms. The van der Waals surface area contributed by atoms with Gasteiger partial charge in [-0.3, -0.25) is 4.79 Å². The Balaban J connectivity index is 3.62. The number of likely N-dealkylation sites (N-methyl/N-ethyl adjacent to an activating group) is 1. The minimum atomic E-state index is -0.206. The molecule has 3 nitrogen and oxygen atoms in total. The van der Waals surface area contributed by atoms with Crippen molar-refractivity contribution >= 4 is 5.97 Å². The van der Waals surface area contributed by atoms with Crippen molar-refractivity contribution in [3.63, 3.8) is 0 Å². The Bertz CT molecular complexity index is 112. The zero-order valence-electron chi connectivity index (χ0n) is 6.97. The summed E-state index contributed by atoms with van der Waals surface area (Å²) in [7, 11) is 1.73. The summed E-state index contributed by atoms with van der Waals surface area (Å²) in [5, 5.41) is 2.80. The van der Waals surface area contributed by atoms with Crippen LogP contribution >= 0.6 is 0 Å². The second-order valence-electron chi connectivity index (χ2n) is 2.50. The number of hydrogen-bond acceptors (Lipinski definition) is 3. The van der Waals surface area contributed by atoms with Crippen LogP contribution in [0.5, 0.6) is 0 Å². The van der Waals surface area contributed by atoms with E-state index in [9.17, 15) is 4.79 Å². The largest absolute Gasteiger partial charge is 0.462 e. The lowest BCUT2D eigenvalue weighted by Gasteiger charge is -2.12. The molecule has 0 aromatic carbocycles. The first kappa shape index (κ1) is 9.43. The average molecular weight is 145 g/mol. The van der Waals surface area contributed by atoms with Crippen LogP contribution < -0.4 is 5.32 Å². The Morgan fingerprint density at radius 1 is 1.40 bits per heavy atom. The lowest BCUT2D eigenvalue weighted by molar-refractivity contribution is -0.149. The molecule has 1 atom stereocenters. The molecule has 0 bridgehead atoms. The molecule has 0 aliphatic heterocycles. The van der Waals surface area contributed by atoms with Crippen LogP contribution in [0.3, 0.4) is 0 Å². The van der Waals surface area contributed by atoms with E-state index in [0.717, 1.165) is 0 Å². The number of ether oxygens (including phenoxy) is 1. The van der Waals surface area contributed by atoms with Crippen molar-refractivity contribution in [2.75, 3.05) is 7.05 Å². The van der Waals surface area contributed by atoms with Gasteiger partial charge in [0.1, 0.15) is 6.04 Å². The molecular weight excluding hydrogens is 130 g/mol. The standard InChI is InChI=1S/C7H15NO2/c1-5(2)10-7(9)6(3)8-4/h5-6,8H,1-4H3/t6-/m1/s1. The Kier molecular flexibility index (Phi) is 4.03. The molecule has 0 amide bonds. The summed E-state index contributed by atoms with van der Waals surface area (Å²) >= 11 is 0. The normalized spacial score (nSPS) is 13.3.